The molecule has 3 N–H and O–H groups in total. The molecule has 60 heavy (non-hydrogen) atoms. The van der Waals surface area contributed by atoms with Gasteiger partial charge < -0.3 is 20.3 Å². The number of carbonyl (C=O) groups excluding carboxylic acids is 2. The van der Waals surface area contributed by atoms with E-state index in [-0.39, 0.29) is 18.5 Å². The average Bonchev–Trinajstić information content (AvgIpc) is 3.25. The molecule has 352 valence electrons. The summed E-state index contributed by atoms with van der Waals surface area (Å²) in [5, 5.41) is 22.9. The number of ether oxygens (including phenoxy) is 1. The number of allylic oxidation sites excluding steroid dienone is 5. The van der Waals surface area contributed by atoms with E-state index in [1.165, 1.54) is 167 Å². The van der Waals surface area contributed by atoms with Gasteiger partial charge in [-0.15, -0.1) is 0 Å². The molecule has 0 aromatic carbocycles. The summed E-state index contributed by atoms with van der Waals surface area (Å²) < 4.78 is 5.45. The van der Waals surface area contributed by atoms with Crippen molar-refractivity contribution in [1.29, 1.82) is 0 Å². The molecule has 0 saturated carbocycles. The smallest absolute Gasteiger partial charge is 0.305 e. The SMILES string of the molecule is CCCCCCCCCC/C=C/C(O)C(CO)NC(=O)CCCCCCCC/C=C\C=C/CCCCCOC(=O)CCCCCCCCCCCCCCCCCCCC. The first kappa shape index (κ1) is 58.1. The quantitative estimate of drug-likeness (QED) is 0.0245. The largest absolute Gasteiger partial charge is 0.466 e. The van der Waals surface area contributed by atoms with Crippen LogP contribution in [0.3, 0.4) is 0 Å². The summed E-state index contributed by atoms with van der Waals surface area (Å²) in [7, 11) is 0. The van der Waals surface area contributed by atoms with Crippen LogP contribution in [-0.2, 0) is 14.3 Å². The van der Waals surface area contributed by atoms with Gasteiger partial charge in [0.05, 0.1) is 25.4 Å². The van der Waals surface area contributed by atoms with E-state index in [1.807, 2.05) is 6.08 Å². The fourth-order valence-corrected chi connectivity index (χ4v) is 7.86. The van der Waals surface area contributed by atoms with Crippen molar-refractivity contribution in [1.82, 2.24) is 5.32 Å². The normalized spacial score (nSPS) is 12.9. The lowest BCUT2D eigenvalue weighted by molar-refractivity contribution is -0.143. The summed E-state index contributed by atoms with van der Waals surface area (Å²) in [6.07, 6.45) is 60.1. The molecular formula is C54H101NO5. The average molecular weight is 844 g/mol. The second-order valence-corrected chi connectivity index (χ2v) is 17.9. The maximum absolute atomic E-state index is 12.4. The van der Waals surface area contributed by atoms with Crippen LogP contribution in [0.15, 0.2) is 36.5 Å². The van der Waals surface area contributed by atoms with Gasteiger partial charge in [-0.1, -0.05) is 230 Å². The minimum Gasteiger partial charge on any atom is -0.466 e. The van der Waals surface area contributed by atoms with Crippen LogP contribution < -0.4 is 5.32 Å². The molecule has 6 nitrogen and oxygen atoms in total. The number of hydrogen-bond donors (Lipinski definition) is 3. The Balaban J connectivity index is 3.50. The highest BCUT2D eigenvalue weighted by molar-refractivity contribution is 5.76. The Morgan fingerprint density at radius 3 is 1.23 bits per heavy atom. The van der Waals surface area contributed by atoms with E-state index >= 15 is 0 Å². The Bertz CT molecular complexity index is 977. The first-order valence-electron chi connectivity index (χ1n) is 26.3. The molecule has 0 fully saturated rings. The van der Waals surface area contributed by atoms with E-state index in [9.17, 15) is 19.8 Å². The summed E-state index contributed by atoms with van der Waals surface area (Å²) in [5.74, 6) is -0.112. The van der Waals surface area contributed by atoms with Crippen LogP contribution >= 0.6 is 0 Å². The van der Waals surface area contributed by atoms with Crippen molar-refractivity contribution in [2.24, 2.45) is 0 Å². The number of aliphatic hydroxyl groups is 2. The van der Waals surface area contributed by atoms with Crippen molar-refractivity contribution in [2.45, 2.75) is 283 Å². The molecule has 0 radical (unpaired) electrons. The van der Waals surface area contributed by atoms with E-state index in [2.05, 4.69) is 43.5 Å². The second-order valence-electron chi connectivity index (χ2n) is 17.9. The van der Waals surface area contributed by atoms with Crippen LogP contribution in [0.4, 0.5) is 0 Å². The zero-order valence-corrected chi connectivity index (χ0v) is 39.9. The van der Waals surface area contributed by atoms with Gasteiger partial charge >= 0.3 is 5.97 Å². The number of nitrogens with one attached hydrogen (secondary N) is 1. The standard InChI is InChI=1S/C54H101NO5/c1-3-5-7-9-11-13-15-16-17-18-19-22-25-28-32-36-40-44-48-54(59)60-49-45-41-37-33-29-26-23-20-21-24-27-31-35-39-43-47-53(58)55-51(50-56)52(57)46-42-38-34-30-14-12-10-8-6-4-2/h20,23,26,29,42,46,51-52,56-57H,3-19,21-22,24-25,27-28,30-41,43-45,47-50H2,1-2H3,(H,55,58)/b23-20-,29-26-,46-42+. The van der Waals surface area contributed by atoms with Crippen molar-refractivity contribution in [3.8, 4) is 0 Å². The third-order valence-electron chi connectivity index (χ3n) is 11.9. The first-order valence-corrected chi connectivity index (χ1v) is 26.3. The van der Waals surface area contributed by atoms with E-state index < -0.39 is 12.1 Å². The molecule has 0 bridgehead atoms. The number of carbonyl (C=O) groups is 2. The van der Waals surface area contributed by atoms with Crippen molar-refractivity contribution in [2.75, 3.05) is 13.2 Å². The molecule has 0 spiro atoms. The maximum atomic E-state index is 12.4. The van der Waals surface area contributed by atoms with Gasteiger partial charge in [-0.25, -0.2) is 0 Å². The lowest BCUT2D eigenvalue weighted by atomic mass is 10.0. The lowest BCUT2D eigenvalue weighted by Gasteiger charge is -2.20. The van der Waals surface area contributed by atoms with Crippen molar-refractivity contribution in [3.63, 3.8) is 0 Å². The van der Waals surface area contributed by atoms with E-state index in [0.717, 1.165) is 77.0 Å². The van der Waals surface area contributed by atoms with Crippen LogP contribution in [0.25, 0.3) is 0 Å². The van der Waals surface area contributed by atoms with Crippen molar-refractivity contribution in [3.05, 3.63) is 36.5 Å². The molecule has 0 saturated heterocycles. The Labute approximate surface area is 373 Å². The Hall–Kier alpha value is -1.92. The molecule has 0 heterocycles. The molecule has 2 atom stereocenters. The summed E-state index contributed by atoms with van der Waals surface area (Å²) >= 11 is 0. The number of esters is 1. The fraction of sp³-hybridized carbons (Fsp3) is 0.852. The molecular weight excluding hydrogens is 743 g/mol. The van der Waals surface area contributed by atoms with Gasteiger partial charge in [-0.05, 0) is 64.2 Å². The number of aliphatic hydroxyl groups excluding tert-OH is 2. The summed E-state index contributed by atoms with van der Waals surface area (Å²) in [5.41, 5.74) is 0. The molecule has 0 rings (SSSR count). The Kier molecular flexibility index (Phi) is 48.1. The molecule has 0 aliphatic heterocycles. The van der Waals surface area contributed by atoms with Crippen molar-refractivity contribution < 1.29 is 24.5 Å². The number of rotatable bonds is 48. The number of unbranched alkanes of at least 4 members (excludes halogenated alkanes) is 34. The molecule has 1 amide bonds. The topological polar surface area (TPSA) is 95.9 Å². The third kappa shape index (κ3) is 45.6. The van der Waals surface area contributed by atoms with Gasteiger partial charge in [0.15, 0.2) is 0 Å². The highest BCUT2D eigenvalue weighted by Crippen LogP contribution is 2.16. The molecule has 0 aliphatic rings. The minimum atomic E-state index is -0.857. The molecule has 6 heteroatoms. The second kappa shape index (κ2) is 49.7. The summed E-state index contributed by atoms with van der Waals surface area (Å²) in [4.78, 5) is 24.4. The maximum Gasteiger partial charge on any atom is 0.305 e. The van der Waals surface area contributed by atoms with E-state index in [1.54, 1.807) is 6.08 Å². The highest BCUT2D eigenvalue weighted by atomic mass is 16.5. The van der Waals surface area contributed by atoms with Crippen molar-refractivity contribution >= 4 is 11.9 Å². The van der Waals surface area contributed by atoms with Crippen LogP contribution in [0.2, 0.25) is 0 Å². The van der Waals surface area contributed by atoms with Gasteiger partial charge in [-0.3, -0.25) is 9.59 Å². The zero-order chi connectivity index (χ0) is 43.7. The van der Waals surface area contributed by atoms with Crippen LogP contribution in [0.1, 0.15) is 271 Å². The first-order chi connectivity index (χ1) is 29.5. The van der Waals surface area contributed by atoms with E-state index in [0.29, 0.717) is 19.4 Å². The van der Waals surface area contributed by atoms with Crippen LogP contribution in [0.5, 0.6) is 0 Å². The van der Waals surface area contributed by atoms with Crippen LogP contribution in [0, 0.1) is 0 Å². The van der Waals surface area contributed by atoms with Gasteiger partial charge in [0, 0.05) is 12.8 Å². The Morgan fingerprint density at radius 1 is 0.467 bits per heavy atom. The molecule has 0 aromatic heterocycles. The minimum absolute atomic E-state index is 0.0193. The molecule has 2 unspecified atom stereocenters. The predicted molar refractivity (Wildman–Crippen MR) is 259 cm³/mol. The zero-order valence-electron chi connectivity index (χ0n) is 39.9. The van der Waals surface area contributed by atoms with Gasteiger partial charge in [-0.2, -0.15) is 0 Å². The fourth-order valence-electron chi connectivity index (χ4n) is 7.86. The monoisotopic (exact) mass is 844 g/mol. The van der Waals surface area contributed by atoms with E-state index in [4.69, 9.17) is 4.74 Å². The van der Waals surface area contributed by atoms with Gasteiger partial charge in [0.2, 0.25) is 5.91 Å². The highest BCUT2D eigenvalue weighted by Gasteiger charge is 2.18. The number of hydrogen-bond acceptors (Lipinski definition) is 5. The van der Waals surface area contributed by atoms with Crippen LogP contribution in [-0.4, -0.2) is 47.4 Å². The third-order valence-corrected chi connectivity index (χ3v) is 11.9. The Morgan fingerprint density at radius 2 is 0.817 bits per heavy atom. The molecule has 0 aliphatic carbocycles. The van der Waals surface area contributed by atoms with Gasteiger partial charge in [0.1, 0.15) is 0 Å². The van der Waals surface area contributed by atoms with Gasteiger partial charge in [0.25, 0.3) is 0 Å². The predicted octanol–water partition coefficient (Wildman–Crippen LogP) is 15.7. The number of amides is 1. The summed E-state index contributed by atoms with van der Waals surface area (Å²) in [6, 6.07) is -0.642. The molecule has 0 aromatic rings. The lowest BCUT2D eigenvalue weighted by Crippen LogP contribution is -2.45. The summed E-state index contributed by atoms with van der Waals surface area (Å²) in [6.45, 7) is 4.83.